The summed E-state index contributed by atoms with van der Waals surface area (Å²) in [5.41, 5.74) is 0.330. The molecule has 0 spiro atoms. The fourth-order valence-corrected chi connectivity index (χ4v) is 5.68. The van der Waals surface area contributed by atoms with Crippen molar-refractivity contribution in [2.75, 3.05) is 0 Å². The van der Waals surface area contributed by atoms with E-state index in [0.29, 0.717) is 28.5 Å². The maximum Gasteiger partial charge on any atom is 0.306 e. The van der Waals surface area contributed by atoms with Crippen LogP contribution in [0.5, 0.6) is 0 Å². The molecule has 0 bridgehead atoms. The van der Waals surface area contributed by atoms with Crippen molar-refractivity contribution < 1.29 is 19.3 Å². The lowest BCUT2D eigenvalue weighted by molar-refractivity contribution is -0.141. The van der Waals surface area contributed by atoms with Gasteiger partial charge in [0.15, 0.2) is 0 Å². The number of aldehydes is 1. The van der Waals surface area contributed by atoms with Crippen molar-refractivity contribution in [3.05, 3.63) is 0 Å². The van der Waals surface area contributed by atoms with Gasteiger partial charge in [-0.3, -0.25) is 4.79 Å². The van der Waals surface area contributed by atoms with Crippen molar-refractivity contribution >= 4 is 35.9 Å². The van der Waals surface area contributed by atoms with Crippen LogP contribution in [-0.2, 0) is 14.3 Å². The molecule has 1 saturated carbocycles. The second-order valence-electron chi connectivity index (χ2n) is 3.93. The first-order valence-electron chi connectivity index (χ1n) is 5.00. The van der Waals surface area contributed by atoms with Gasteiger partial charge in [0.2, 0.25) is 0 Å². The molecule has 2 unspecified atom stereocenters. The van der Waals surface area contributed by atoms with Crippen LogP contribution >= 0.6 is 16.4 Å². The molecule has 82 valence electrons. The van der Waals surface area contributed by atoms with Crippen LogP contribution in [0.1, 0.15) is 12.8 Å². The maximum atomic E-state index is 11.1. The highest BCUT2D eigenvalue weighted by Gasteiger charge is 2.49. The standard InChI is InChI=1S/C8H13BO4P2/c10-3-5-4-1-8(11)13-6(4)2-7(5)14-15-9-12/h3-7,9,12,14-15H,1-2H2/t4-,5-,6+,7-/m1/s1. The average molecular weight is 246 g/mol. The third-order valence-electron chi connectivity index (χ3n) is 3.13. The van der Waals surface area contributed by atoms with Crippen LogP contribution in [-0.4, -0.2) is 36.2 Å². The molecule has 15 heavy (non-hydrogen) atoms. The smallest absolute Gasteiger partial charge is 0.306 e. The topological polar surface area (TPSA) is 63.6 Å². The van der Waals surface area contributed by atoms with E-state index in [1.165, 1.54) is 0 Å². The lowest BCUT2D eigenvalue weighted by Crippen LogP contribution is -2.18. The van der Waals surface area contributed by atoms with E-state index in [0.717, 1.165) is 12.7 Å². The molecule has 0 amide bonds. The Morgan fingerprint density at radius 3 is 3.07 bits per heavy atom. The minimum absolute atomic E-state index is 0.0289. The SMILES string of the molecule is O=C[C@@H]1[C@H]2CC(=O)O[C@H]2C[C@H]1PPBO. The number of hydrogen-bond acceptors (Lipinski definition) is 4. The van der Waals surface area contributed by atoms with Crippen LogP contribution in [0.2, 0.25) is 0 Å². The summed E-state index contributed by atoms with van der Waals surface area (Å²) in [6.45, 7) is 0. The van der Waals surface area contributed by atoms with E-state index in [-0.39, 0.29) is 31.1 Å². The van der Waals surface area contributed by atoms with Gasteiger partial charge in [-0.25, -0.2) is 0 Å². The van der Waals surface area contributed by atoms with Crippen molar-refractivity contribution in [1.82, 2.24) is 0 Å². The molecule has 0 aromatic heterocycles. The van der Waals surface area contributed by atoms with E-state index in [1.54, 1.807) is 0 Å². The summed E-state index contributed by atoms with van der Waals surface area (Å²) >= 11 is 0. The predicted molar refractivity (Wildman–Crippen MR) is 61.9 cm³/mol. The van der Waals surface area contributed by atoms with Crippen LogP contribution in [0, 0.1) is 11.8 Å². The Hall–Kier alpha value is 0.0249. The number of carbonyl (C=O) groups excluding carboxylic acids is 2. The monoisotopic (exact) mass is 246 g/mol. The van der Waals surface area contributed by atoms with Gasteiger partial charge in [-0.15, -0.1) is 16.4 Å². The van der Waals surface area contributed by atoms with Gasteiger partial charge in [0.05, 0.1) is 6.42 Å². The van der Waals surface area contributed by atoms with Crippen molar-refractivity contribution in [2.24, 2.45) is 11.8 Å². The van der Waals surface area contributed by atoms with E-state index in [4.69, 9.17) is 9.76 Å². The summed E-state index contributed by atoms with van der Waals surface area (Å²) in [6, 6.07) is 0. The largest absolute Gasteiger partial charge is 0.462 e. The molecule has 1 aliphatic carbocycles. The van der Waals surface area contributed by atoms with Gasteiger partial charge in [-0.1, -0.05) is 0 Å². The zero-order chi connectivity index (χ0) is 10.8. The van der Waals surface area contributed by atoms with Crippen molar-refractivity contribution in [3.63, 3.8) is 0 Å². The van der Waals surface area contributed by atoms with Gasteiger partial charge < -0.3 is 14.6 Å². The van der Waals surface area contributed by atoms with Gasteiger partial charge >= 0.3 is 13.2 Å². The Bertz CT molecular complexity index is 275. The summed E-state index contributed by atoms with van der Waals surface area (Å²) in [6.07, 6.45) is 2.16. The molecule has 2 aliphatic rings. The summed E-state index contributed by atoms with van der Waals surface area (Å²) in [7, 11) is 1.35. The zero-order valence-electron chi connectivity index (χ0n) is 8.18. The van der Waals surface area contributed by atoms with E-state index >= 15 is 0 Å². The summed E-state index contributed by atoms with van der Waals surface area (Å²) < 4.78 is 5.17. The molecule has 1 heterocycles. The third-order valence-corrected chi connectivity index (χ3v) is 6.68. The molecule has 1 saturated heterocycles. The molecule has 0 aromatic rings. The van der Waals surface area contributed by atoms with Gasteiger partial charge in [-0.05, 0) is 12.1 Å². The molecule has 4 nitrogen and oxygen atoms in total. The Morgan fingerprint density at radius 1 is 1.60 bits per heavy atom. The molecule has 0 aromatic carbocycles. The van der Waals surface area contributed by atoms with E-state index in [1.807, 2.05) is 0 Å². The van der Waals surface area contributed by atoms with Gasteiger partial charge in [0.1, 0.15) is 12.4 Å². The summed E-state index contributed by atoms with van der Waals surface area (Å²) in [5.74, 6) is -0.0851. The van der Waals surface area contributed by atoms with Crippen molar-refractivity contribution in [2.45, 2.75) is 24.6 Å². The Kier molecular flexibility index (Phi) is 3.76. The highest BCUT2D eigenvalue weighted by Crippen LogP contribution is 2.53. The zero-order valence-corrected chi connectivity index (χ0v) is 10.2. The quantitative estimate of drug-likeness (QED) is 0.329. The Labute approximate surface area is 92.2 Å². The molecule has 2 fully saturated rings. The third kappa shape index (κ3) is 2.25. The number of rotatable bonds is 4. The first-order chi connectivity index (χ1) is 7.26. The van der Waals surface area contributed by atoms with E-state index < -0.39 is 0 Å². The normalized spacial score (nSPS) is 40.2. The molecule has 7 heteroatoms. The molecule has 1 aliphatic heterocycles. The van der Waals surface area contributed by atoms with Gasteiger partial charge in [-0.2, -0.15) is 0 Å². The second kappa shape index (κ2) is 4.90. The second-order valence-corrected chi connectivity index (χ2v) is 7.56. The van der Waals surface area contributed by atoms with Crippen LogP contribution in [0.4, 0.5) is 0 Å². The Balaban J connectivity index is 2.00. The molecule has 2 rings (SSSR count). The summed E-state index contributed by atoms with van der Waals surface area (Å²) in [5, 5.41) is 8.78. The minimum atomic E-state index is -0.164. The fourth-order valence-electron chi connectivity index (χ4n) is 2.47. The number of hydrogen-bond donors (Lipinski definition) is 1. The average Bonchev–Trinajstić information content (AvgIpc) is 2.70. The summed E-state index contributed by atoms with van der Waals surface area (Å²) in [4.78, 5) is 22.1. The van der Waals surface area contributed by atoms with Gasteiger partial charge in [0, 0.05) is 11.8 Å². The van der Waals surface area contributed by atoms with Crippen LogP contribution in [0.3, 0.4) is 0 Å². The predicted octanol–water partition coefficient (Wildman–Crippen LogP) is 0.0363. The fraction of sp³-hybridized carbons (Fsp3) is 0.750. The number of esters is 1. The highest BCUT2D eigenvalue weighted by molar-refractivity contribution is 8.24. The molecule has 6 atom stereocenters. The van der Waals surface area contributed by atoms with Crippen LogP contribution in [0.25, 0.3) is 0 Å². The van der Waals surface area contributed by atoms with Crippen molar-refractivity contribution in [3.8, 4) is 0 Å². The Morgan fingerprint density at radius 2 is 2.40 bits per heavy atom. The molecule has 0 radical (unpaired) electrons. The molecular formula is C8H13BO4P2. The minimum Gasteiger partial charge on any atom is -0.462 e. The highest BCUT2D eigenvalue weighted by atomic mass is 32.0. The first-order valence-corrected chi connectivity index (χ1v) is 8.28. The lowest BCUT2D eigenvalue weighted by atomic mass is 9.95. The molecule has 1 N–H and O–H groups in total. The first kappa shape index (κ1) is 11.5. The molecular weight excluding hydrogens is 233 g/mol. The number of ether oxygens (including phenoxy) is 1. The van der Waals surface area contributed by atoms with Crippen LogP contribution < -0.4 is 0 Å². The van der Waals surface area contributed by atoms with Crippen molar-refractivity contribution in [1.29, 1.82) is 0 Å². The van der Waals surface area contributed by atoms with E-state index in [2.05, 4.69) is 0 Å². The van der Waals surface area contributed by atoms with E-state index in [9.17, 15) is 9.59 Å². The number of carbonyl (C=O) groups is 2. The lowest BCUT2D eigenvalue weighted by Gasteiger charge is -2.15. The van der Waals surface area contributed by atoms with Gasteiger partial charge in [0.25, 0.3) is 0 Å². The number of fused-ring (bicyclic) bond motifs is 1. The van der Waals surface area contributed by atoms with Crippen LogP contribution in [0.15, 0.2) is 0 Å². The maximum absolute atomic E-state index is 11.1.